The van der Waals surface area contributed by atoms with Gasteiger partial charge in [0.15, 0.2) is 0 Å². The van der Waals surface area contributed by atoms with Gasteiger partial charge < -0.3 is 9.88 Å². The molecule has 106 valence electrons. The molecule has 0 aliphatic heterocycles. The smallest absolute Gasteiger partial charge is 0.248 e. The van der Waals surface area contributed by atoms with E-state index in [9.17, 15) is 4.79 Å². The second kappa shape index (κ2) is 6.57. The third kappa shape index (κ3) is 3.84. The van der Waals surface area contributed by atoms with Crippen molar-refractivity contribution >= 4 is 23.3 Å². The summed E-state index contributed by atoms with van der Waals surface area (Å²) < 4.78 is 1.92. The molecule has 0 aliphatic carbocycles. The van der Waals surface area contributed by atoms with Crippen LogP contribution in [0.2, 0.25) is 5.02 Å². The van der Waals surface area contributed by atoms with Crippen LogP contribution in [0.5, 0.6) is 0 Å². The second-order valence-electron chi connectivity index (χ2n) is 5.12. The van der Waals surface area contributed by atoms with E-state index in [4.69, 9.17) is 11.6 Å². The molecule has 2 rings (SSSR count). The van der Waals surface area contributed by atoms with Gasteiger partial charge in [0.25, 0.3) is 0 Å². The van der Waals surface area contributed by atoms with Gasteiger partial charge in [0.2, 0.25) is 5.91 Å². The first-order chi connectivity index (χ1) is 9.56. The number of anilines is 1. The number of rotatable bonds is 5. The van der Waals surface area contributed by atoms with E-state index in [2.05, 4.69) is 24.1 Å². The fraction of sp³-hybridized carbons (Fsp3) is 0.333. The minimum absolute atomic E-state index is 0.0790. The molecule has 0 saturated heterocycles. The van der Waals surface area contributed by atoms with Crippen molar-refractivity contribution in [2.24, 2.45) is 5.92 Å². The molecular weight excluding hydrogens is 274 g/mol. The number of carbonyl (C=O) groups excluding carboxylic acids is 1. The normalized spacial score (nSPS) is 12.4. The van der Waals surface area contributed by atoms with E-state index in [0.717, 1.165) is 6.42 Å². The van der Waals surface area contributed by atoms with Gasteiger partial charge in [-0.25, -0.2) is 4.98 Å². The van der Waals surface area contributed by atoms with Gasteiger partial charge in [-0.15, -0.1) is 0 Å². The molecule has 0 spiro atoms. The van der Waals surface area contributed by atoms with Crippen molar-refractivity contribution in [1.82, 2.24) is 9.55 Å². The number of pyridine rings is 1. The summed E-state index contributed by atoms with van der Waals surface area (Å²) in [6.07, 6.45) is 6.14. The molecule has 1 atom stereocenters. The minimum atomic E-state index is -0.245. The molecule has 0 saturated carbocycles. The van der Waals surface area contributed by atoms with Crippen molar-refractivity contribution in [1.29, 1.82) is 0 Å². The summed E-state index contributed by atoms with van der Waals surface area (Å²) in [5.74, 6) is 0.813. The quantitative estimate of drug-likeness (QED) is 0.911. The maximum atomic E-state index is 12.4. The Balaban J connectivity index is 2.14. The van der Waals surface area contributed by atoms with E-state index in [-0.39, 0.29) is 11.9 Å². The fourth-order valence-corrected chi connectivity index (χ4v) is 2.21. The Morgan fingerprint density at radius 3 is 2.70 bits per heavy atom. The first-order valence-electron chi connectivity index (χ1n) is 6.61. The van der Waals surface area contributed by atoms with E-state index >= 15 is 0 Å². The number of nitrogens with one attached hydrogen (secondary N) is 1. The van der Waals surface area contributed by atoms with Gasteiger partial charge in [-0.3, -0.25) is 4.79 Å². The van der Waals surface area contributed by atoms with E-state index in [0.29, 0.717) is 16.8 Å². The predicted octanol–water partition coefficient (Wildman–Crippen LogP) is 3.76. The van der Waals surface area contributed by atoms with Gasteiger partial charge in [-0.05, 0) is 36.6 Å². The lowest BCUT2D eigenvalue weighted by Crippen LogP contribution is -2.27. The van der Waals surface area contributed by atoms with Gasteiger partial charge in [-0.1, -0.05) is 25.4 Å². The van der Waals surface area contributed by atoms with Crippen LogP contribution in [0.3, 0.4) is 0 Å². The highest BCUT2D eigenvalue weighted by Crippen LogP contribution is 2.20. The lowest BCUT2D eigenvalue weighted by atomic mass is 10.0. The molecule has 20 heavy (non-hydrogen) atoms. The van der Waals surface area contributed by atoms with Crippen LogP contribution in [-0.4, -0.2) is 15.5 Å². The fourth-order valence-electron chi connectivity index (χ4n) is 2.05. The van der Waals surface area contributed by atoms with Crippen molar-refractivity contribution < 1.29 is 4.79 Å². The molecule has 2 aromatic rings. The number of halogens is 1. The first-order valence-corrected chi connectivity index (χ1v) is 6.99. The van der Waals surface area contributed by atoms with E-state index in [1.165, 1.54) is 0 Å². The topological polar surface area (TPSA) is 46.9 Å². The maximum Gasteiger partial charge on any atom is 0.248 e. The molecule has 0 aromatic carbocycles. The van der Waals surface area contributed by atoms with Crippen molar-refractivity contribution in [3.8, 4) is 0 Å². The second-order valence-corrected chi connectivity index (χ2v) is 5.56. The summed E-state index contributed by atoms with van der Waals surface area (Å²) in [5, 5.41) is 3.37. The highest BCUT2D eigenvalue weighted by atomic mass is 35.5. The van der Waals surface area contributed by atoms with Gasteiger partial charge in [0, 0.05) is 23.6 Å². The third-order valence-electron chi connectivity index (χ3n) is 2.96. The summed E-state index contributed by atoms with van der Waals surface area (Å²) >= 11 is 5.90. The molecule has 1 N–H and O–H groups in total. The van der Waals surface area contributed by atoms with Crippen molar-refractivity contribution in [2.75, 3.05) is 5.32 Å². The molecule has 0 radical (unpaired) electrons. The Bertz CT molecular complexity index is 566. The molecule has 1 amide bonds. The largest absolute Gasteiger partial charge is 0.342 e. The van der Waals surface area contributed by atoms with E-state index in [1.807, 2.05) is 29.1 Å². The Hall–Kier alpha value is -1.81. The SMILES string of the molecule is CC(C)C[C@@H](C(=O)Nc1cc(Cl)ccn1)n1cccc1. The molecule has 0 aliphatic rings. The minimum Gasteiger partial charge on any atom is -0.342 e. The van der Waals surface area contributed by atoms with Gasteiger partial charge in [-0.2, -0.15) is 0 Å². The summed E-state index contributed by atoms with van der Waals surface area (Å²) in [7, 11) is 0. The molecular formula is C15H18ClN3O. The van der Waals surface area contributed by atoms with Crippen LogP contribution in [0.4, 0.5) is 5.82 Å². The average molecular weight is 292 g/mol. The van der Waals surface area contributed by atoms with Gasteiger partial charge in [0.05, 0.1) is 0 Å². The molecule has 2 heterocycles. The lowest BCUT2D eigenvalue weighted by molar-refractivity contribution is -0.119. The summed E-state index contributed by atoms with van der Waals surface area (Å²) in [4.78, 5) is 16.5. The number of hydrogen-bond acceptors (Lipinski definition) is 2. The Morgan fingerprint density at radius 2 is 2.10 bits per heavy atom. The maximum absolute atomic E-state index is 12.4. The van der Waals surface area contributed by atoms with Crippen molar-refractivity contribution in [3.05, 3.63) is 47.9 Å². The molecule has 4 nitrogen and oxygen atoms in total. The molecule has 0 fully saturated rings. The molecule has 0 bridgehead atoms. The standard InChI is InChI=1S/C15H18ClN3O/c1-11(2)9-13(19-7-3-4-8-19)15(20)18-14-10-12(16)5-6-17-14/h3-8,10-11,13H,9H2,1-2H3,(H,17,18,20)/t13-/m0/s1. The Labute approximate surface area is 123 Å². The van der Waals surface area contributed by atoms with Crippen LogP contribution in [0.1, 0.15) is 26.3 Å². The first kappa shape index (κ1) is 14.6. The zero-order chi connectivity index (χ0) is 14.5. The monoisotopic (exact) mass is 291 g/mol. The van der Waals surface area contributed by atoms with Crippen LogP contribution in [-0.2, 0) is 4.79 Å². The Morgan fingerprint density at radius 1 is 1.40 bits per heavy atom. The van der Waals surface area contributed by atoms with E-state index < -0.39 is 0 Å². The van der Waals surface area contributed by atoms with Crippen LogP contribution < -0.4 is 5.32 Å². The highest BCUT2D eigenvalue weighted by molar-refractivity contribution is 6.30. The molecule has 0 unspecified atom stereocenters. The Kier molecular flexibility index (Phi) is 4.79. The van der Waals surface area contributed by atoms with Gasteiger partial charge in [0.1, 0.15) is 11.9 Å². The predicted molar refractivity (Wildman–Crippen MR) is 80.8 cm³/mol. The number of nitrogens with zero attached hydrogens (tertiary/aromatic N) is 2. The van der Waals surface area contributed by atoms with Gasteiger partial charge >= 0.3 is 0 Å². The highest BCUT2D eigenvalue weighted by Gasteiger charge is 2.21. The summed E-state index contributed by atoms with van der Waals surface area (Å²) in [5.41, 5.74) is 0. The van der Waals surface area contributed by atoms with Crippen LogP contribution >= 0.6 is 11.6 Å². The number of aromatic nitrogens is 2. The van der Waals surface area contributed by atoms with Crippen LogP contribution in [0, 0.1) is 5.92 Å². The number of carbonyl (C=O) groups is 1. The molecule has 5 heteroatoms. The van der Waals surface area contributed by atoms with Crippen molar-refractivity contribution in [2.45, 2.75) is 26.3 Å². The van der Waals surface area contributed by atoms with E-state index in [1.54, 1.807) is 18.3 Å². The zero-order valence-electron chi connectivity index (χ0n) is 11.6. The number of amides is 1. The summed E-state index contributed by atoms with van der Waals surface area (Å²) in [6.45, 7) is 4.20. The number of hydrogen-bond donors (Lipinski definition) is 1. The zero-order valence-corrected chi connectivity index (χ0v) is 12.3. The van der Waals surface area contributed by atoms with Crippen molar-refractivity contribution in [3.63, 3.8) is 0 Å². The lowest BCUT2D eigenvalue weighted by Gasteiger charge is -2.20. The average Bonchev–Trinajstić information content (AvgIpc) is 2.89. The van der Waals surface area contributed by atoms with Crippen LogP contribution in [0.15, 0.2) is 42.9 Å². The molecule has 2 aromatic heterocycles. The summed E-state index contributed by atoms with van der Waals surface area (Å²) in [6, 6.07) is 6.90. The third-order valence-corrected chi connectivity index (χ3v) is 3.19. The van der Waals surface area contributed by atoms with Crippen LogP contribution in [0.25, 0.3) is 0 Å².